The summed E-state index contributed by atoms with van der Waals surface area (Å²) in [5, 5.41) is 6.94. The molecular formula is C19H19N5O3. The Bertz CT molecular complexity index is 971. The quantitative estimate of drug-likeness (QED) is 0.747. The van der Waals surface area contributed by atoms with Gasteiger partial charge in [0.1, 0.15) is 30.3 Å². The zero-order chi connectivity index (χ0) is 18.8. The van der Waals surface area contributed by atoms with Crippen LogP contribution in [0.1, 0.15) is 29.8 Å². The molecule has 1 aromatic carbocycles. The monoisotopic (exact) mass is 365 g/mol. The van der Waals surface area contributed by atoms with Gasteiger partial charge in [0.25, 0.3) is 5.91 Å². The Morgan fingerprint density at radius 3 is 3.07 bits per heavy atom. The van der Waals surface area contributed by atoms with Gasteiger partial charge in [-0.3, -0.25) is 4.79 Å². The van der Waals surface area contributed by atoms with Crippen molar-refractivity contribution in [2.75, 3.05) is 11.9 Å². The lowest BCUT2D eigenvalue weighted by Crippen LogP contribution is -2.14. The first-order valence-electron chi connectivity index (χ1n) is 8.73. The summed E-state index contributed by atoms with van der Waals surface area (Å²) in [6.07, 6.45) is 5.44. The lowest BCUT2D eigenvalue weighted by atomic mass is 10.1. The van der Waals surface area contributed by atoms with Gasteiger partial charge in [-0.05, 0) is 32.0 Å². The number of carbonyl (C=O) groups excluding carboxylic acids is 1. The predicted octanol–water partition coefficient (Wildman–Crippen LogP) is 2.64. The van der Waals surface area contributed by atoms with Crippen LogP contribution in [0.4, 0.5) is 5.69 Å². The minimum Gasteiger partial charge on any atom is -0.492 e. The molecule has 0 saturated heterocycles. The smallest absolute Gasteiger partial charge is 0.255 e. The van der Waals surface area contributed by atoms with E-state index >= 15 is 0 Å². The van der Waals surface area contributed by atoms with Gasteiger partial charge in [-0.2, -0.15) is 5.10 Å². The summed E-state index contributed by atoms with van der Waals surface area (Å²) in [6.45, 7) is 4.43. The summed E-state index contributed by atoms with van der Waals surface area (Å²) in [6, 6.07) is 7.05. The Labute approximate surface area is 156 Å². The van der Waals surface area contributed by atoms with Crippen molar-refractivity contribution in [2.24, 2.45) is 0 Å². The molecule has 2 aromatic heterocycles. The molecule has 0 radical (unpaired) electrons. The van der Waals surface area contributed by atoms with Crippen LogP contribution in [0, 0.1) is 0 Å². The van der Waals surface area contributed by atoms with E-state index in [0.29, 0.717) is 29.4 Å². The van der Waals surface area contributed by atoms with E-state index in [1.54, 1.807) is 18.3 Å². The van der Waals surface area contributed by atoms with Gasteiger partial charge in [0.05, 0.1) is 12.3 Å². The van der Waals surface area contributed by atoms with E-state index < -0.39 is 0 Å². The molecule has 8 nitrogen and oxygen atoms in total. The topological polar surface area (TPSA) is 91.2 Å². The van der Waals surface area contributed by atoms with Crippen molar-refractivity contribution in [2.45, 2.75) is 26.4 Å². The Morgan fingerprint density at radius 1 is 1.41 bits per heavy atom. The predicted molar refractivity (Wildman–Crippen MR) is 98.5 cm³/mol. The molecule has 0 spiro atoms. The molecule has 3 aromatic rings. The minimum absolute atomic E-state index is 0.117. The Morgan fingerprint density at radius 2 is 2.30 bits per heavy atom. The van der Waals surface area contributed by atoms with E-state index in [4.69, 9.17) is 9.47 Å². The normalized spacial score (nSPS) is 15.1. The zero-order valence-electron chi connectivity index (χ0n) is 15.0. The molecule has 4 rings (SSSR count). The van der Waals surface area contributed by atoms with Crippen molar-refractivity contribution < 1.29 is 14.3 Å². The summed E-state index contributed by atoms with van der Waals surface area (Å²) in [4.78, 5) is 20.9. The number of hydrogen-bond acceptors (Lipinski definition) is 6. The molecule has 1 aliphatic rings. The second-order valence-electron chi connectivity index (χ2n) is 6.22. The number of rotatable bonds is 5. The molecular weight excluding hydrogens is 346 g/mol. The van der Waals surface area contributed by atoms with E-state index in [1.165, 1.54) is 17.3 Å². The van der Waals surface area contributed by atoms with E-state index in [-0.39, 0.29) is 12.0 Å². The standard InChI is InChI=1S/C19H19N5O3/c1-3-26-17-7-14-6-12(2)27-16(14)9-15(17)23-19(25)13-4-5-21-18(8-13)24-11-20-10-22-24/h4-5,7-12H,3,6H2,1-2H3,(H,23,25). The number of carbonyl (C=O) groups is 1. The van der Waals surface area contributed by atoms with Crippen LogP contribution in [0.15, 0.2) is 43.1 Å². The molecule has 0 aliphatic carbocycles. The number of nitrogens with one attached hydrogen (secondary N) is 1. The molecule has 1 atom stereocenters. The number of benzene rings is 1. The molecule has 0 fully saturated rings. The molecule has 138 valence electrons. The van der Waals surface area contributed by atoms with Crippen molar-refractivity contribution in [1.82, 2.24) is 19.7 Å². The number of nitrogens with zero attached hydrogens (tertiary/aromatic N) is 4. The van der Waals surface area contributed by atoms with Crippen molar-refractivity contribution in [3.63, 3.8) is 0 Å². The number of fused-ring (bicyclic) bond motifs is 1. The Hall–Kier alpha value is -3.42. The van der Waals surface area contributed by atoms with Crippen LogP contribution in [-0.2, 0) is 6.42 Å². The molecule has 0 bridgehead atoms. The highest BCUT2D eigenvalue weighted by molar-refractivity contribution is 6.05. The molecule has 3 heterocycles. The average Bonchev–Trinajstić information content (AvgIpc) is 3.31. The summed E-state index contributed by atoms with van der Waals surface area (Å²) < 4.78 is 13.0. The first-order chi connectivity index (χ1) is 13.1. The average molecular weight is 365 g/mol. The fourth-order valence-corrected chi connectivity index (χ4v) is 3.02. The Kier molecular flexibility index (Phi) is 4.45. The number of pyridine rings is 1. The molecule has 1 unspecified atom stereocenters. The van der Waals surface area contributed by atoms with E-state index in [0.717, 1.165) is 17.7 Å². The Balaban J connectivity index is 1.61. The summed E-state index contributed by atoms with van der Waals surface area (Å²) in [5.41, 5.74) is 2.11. The number of ether oxygens (including phenoxy) is 2. The maximum atomic E-state index is 12.8. The SMILES string of the molecule is CCOc1cc2c(cc1NC(=O)c1ccnc(-n3cncn3)c1)OC(C)C2. The molecule has 0 saturated carbocycles. The molecule has 1 N–H and O–H groups in total. The number of aromatic nitrogens is 4. The van der Waals surface area contributed by atoms with Gasteiger partial charge in [-0.25, -0.2) is 14.6 Å². The highest BCUT2D eigenvalue weighted by atomic mass is 16.5. The third-order valence-electron chi connectivity index (χ3n) is 4.21. The van der Waals surface area contributed by atoms with Crippen molar-refractivity contribution in [3.05, 3.63) is 54.2 Å². The van der Waals surface area contributed by atoms with Gasteiger partial charge in [0.15, 0.2) is 5.82 Å². The van der Waals surface area contributed by atoms with Crippen LogP contribution in [0.25, 0.3) is 5.82 Å². The second kappa shape index (κ2) is 7.06. The lowest BCUT2D eigenvalue weighted by molar-refractivity contribution is 0.102. The minimum atomic E-state index is -0.272. The van der Waals surface area contributed by atoms with Crippen LogP contribution >= 0.6 is 0 Å². The summed E-state index contributed by atoms with van der Waals surface area (Å²) in [7, 11) is 0. The van der Waals surface area contributed by atoms with Gasteiger partial charge in [0.2, 0.25) is 0 Å². The molecule has 1 amide bonds. The number of amides is 1. The van der Waals surface area contributed by atoms with Gasteiger partial charge < -0.3 is 14.8 Å². The highest BCUT2D eigenvalue weighted by Crippen LogP contribution is 2.38. The van der Waals surface area contributed by atoms with Gasteiger partial charge in [0, 0.05) is 29.8 Å². The molecule has 8 heteroatoms. The van der Waals surface area contributed by atoms with Crippen LogP contribution < -0.4 is 14.8 Å². The number of hydrogen-bond donors (Lipinski definition) is 1. The summed E-state index contributed by atoms with van der Waals surface area (Å²) in [5.74, 6) is 1.65. The van der Waals surface area contributed by atoms with Gasteiger partial charge in [-0.1, -0.05) is 0 Å². The van der Waals surface area contributed by atoms with Crippen LogP contribution in [0.3, 0.4) is 0 Å². The maximum Gasteiger partial charge on any atom is 0.255 e. The fraction of sp³-hybridized carbons (Fsp3) is 0.263. The maximum absolute atomic E-state index is 12.8. The van der Waals surface area contributed by atoms with Gasteiger partial charge >= 0.3 is 0 Å². The van der Waals surface area contributed by atoms with Crippen LogP contribution in [-0.4, -0.2) is 38.4 Å². The second-order valence-corrected chi connectivity index (χ2v) is 6.22. The first-order valence-corrected chi connectivity index (χ1v) is 8.73. The lowest BCUT2D eigenvalue weighted by Gasteiger charge is -2.14. The fourth-order valence-electron chi connectivity index (χ4n) is 3.02. The number of anilines is 1. The third-order valence-corrected chi connectivity index (χ3v) is 4.21. The van der Waals surface area contributed by atoms with Crippen molar-refractivity contribution in [3.8, 4) is 17.3 Å². The van der Waals surface area contributed by atoms with E-state index in [1.807, 2.05) is 26.0 Å². The zero-order valence-corrected chi connectivity index (χ0v) is 15.0. The summed E-state index contributed by atoms with van der Waals surface area (Å²) >= 11 is 0. The van der Waals surface area contributed by atoms with Crippen LogP contribution in [0.2, 0.25) is 0 Å². The first kappa shape index (κ1) is 17.0. The largest absolute Gasteiger partial charge is 0.492 e. The van der Waals surface area contributed by atoms with E-state index in [2.05, 4.69) is 20.4 Å². The highest BCUT2D eigenvalue weighted by Gasteiger charge is 2.23. The molecule has 1 aliphatic heterocycles. The third kappa shape index (κ3) is 3.46. The molecule has 27 heavy (non-hydrogen) atoms. The van der Waals surface area contributed by atoms with E-state index in [9.17, 15) is 4.79 Å². The van der Waals surface area contributed by atoms with Gasteiger partial charge in [-0.15, -0.1) is 0 Å². The van der Waals surface area contributed by atoms with Crippen molar-refractivity contribution >= 4 is 11.6 Å². The van der Waals surface area contributed by atoms with Crippen molar-refractivity contribution in [1.29, 1.82) is 0 Å². The van der Waals surface area contributed by atoms with Crippen LogP contribution in [0.5, 0.6) is 11.5 Å².